The van der Waals surface area contributed by atoms with Gasteiger partial charge >= 0.3 is 11.4 Å². The number of rotatable bonds is 2. The maximum Gasteiger partial charge on any atom is 0.351 e. The smallest absolute Gasteiger partial charge is 0.351 e. The molecule has 0 N–H and O–H groups in total. The minimum Gasteiger partial charge on any atom is -0.710 e. The minimum absolute atomic E-state index is 0.148. The Bertz CT molecular complexity index is 1130. The van der Waals surface area contributed by atoms with Gasteiger partial charge in [0.25, 0.3) is 0 Å². The first-order valence-corrected chi connectivity index (χ1v) is 7.27. The fraction of sp³-hybridized carbons (Fsp3) is 0.0556. The number of nitrogens with zero attached hydrogens (tertiary/aromatic N) is 2. The number of ether oxygens (including phenoxy) is 1. The highest BCUT2D eigenvalue weighted by Crippen LogP contribution is 2.24. The van der Waals surface area contributed by atoms with E-state index in [2.05, 4.69) is 4.98 Å². The molecule has 0 atom stereocenters. The van der Waals surface area contributed by atoms with Crippen molar-refractivity contribution in [3.63, 3.8) is 0 Å². The highest BCUT2D eigenvalue weighted by atomic mass is 16.5. The van der Waals surface area contributed by atoms with E-state index in [0.29, 0.717) is 32.5 Å². The van der Waals surface area contributed by atoms with E-state index in [4.69, 9.17) is 9.15 Å². The van der Waals surface area contributed by atoms with Crippen LogP contribution in [-0.2, 0) is 0 Å². The predicted octanol–water partition coefficient (Wildman–Crippen LogP) is 2.65. The summed E-state index contributed by atoms with van der Waals surface area (Å²) in [5, 5.41) is 13.2. The molecule has 0 spiro atoms. The topological polar surface area (TPSA) is 79.3 Å². The van der Waals surface area contributed by atoms with Crippen molar-refractivity contribution in [3.8, 4) is 17.1 Å². The third-order valence-electron chi connectivity index (χ3n) is 3.82. The standard InChI is InChI=1S/C18H12N2O4/c1-23-12-6-4-5-11(9-12)17-19-16-13-7-2-3-8-15(13)24-18(21)14(16)10-20(17)22/h2-10H,1H3. The summed E-state index contributed by atoms with van der Waals surface area (Å²) in [4.78, 5) is 16.6. The number of hydrogen-bond donors (Lipinski definition) is 0. The summed E-state index contributed by atoms with van der Waals surface area (Å²) in [6, 6.07) is 14.1. The molecule has 2 aromatic heterocycles. The van der Waals surface area contributed by atoms with Gasteiger partial charge in [-0.15, -0.1) is 0 Å². The molecule has 24 heavy (non-hydrogen) atoms. The Balaban J connectivity index is 2.09. The number of hydrogen-bond acceptors (Lipinski definition) is 5. The molecule has 0 saturated heterocycles. The molecule has 4 rings (SSSR count). The summed E-state index contributed by atoms with van der Waals surface area (Å²) >= 11 is 0. The second-order valence-corrected chi connectivity index (χ2v) is 5.27. The molecule has 2 aromatic carbocycles. The number of para-hydroxylation sites is 1. The van der Waals surface area contributed by atoms with Crippen LogP contribution in [0, 0.1) is 5.21 Å². The summed E-state index contributed by atoms with van der Waals surface area (Å²) in [7, 11) is 1.55. The van der Waals surface area contributed by atoms with Crippen molar-refractivity contribution in [2.75, 3.05) is 7.11 Å². The van der Waals surface area contributed by atoms with Gasteiger partial charge in [0.1, 0.15) is 17.5 Å². The number of methoxy groups -OCH3 is 1. The molecule has 0 amide bonds. The van der Waals surface area contributed by atoms with E-state index in [1.807, 2.05) is 6.07 Å². The van der Waals surface area contributed by atoms with E-state index in [-0.39, 0.29) is 11.2 Å². The van der Waals surface area contributed by atoms with Gasteiger partial charge in [0.2, 0.25) is 5.52 Å². The van der Waals surface area contributed by atoms with Crippen molar-refractivity contribution in [2.45, 2.75) is 0 Å². The third-order valence-corrected chi connectivity index (χ3v) is 3.82. The number of fused-ring (bicyclic) bond motifs is 3. The van der Waals surface area contributed by atoms with E-state index in [0.717, 1.165) is 0 Å². The summed E-state index contributed by atoms with van der Waals surface area (Å²) < 4.78 is 11.0. The zero-order chi connectivity index (χ0) is 16.7. The molecule has 0 fully saturated rings. The van der Waals surface area contributed by atoms with Gasteiger partial charge in [-0.3, -0.25) is 0 Å². The van der Waals surface area contributed by atoms with Gasteiger partial charge in [0.05, 0.1) is 18.1 Å². The molecule has 0 aliphatic heterocycles. The second-order valence-electron chi connectivity index (χ2n) is 5.27. The van der Waals surface area contributed by atoms with Crippen molar-refractivity contribution in [2.24, 2.45) is 0 Å². The molecule has 0 radical (unpaired) electrons. The number of aromatic nitrogens is 2. The molecule has 118 valence electrons. The van der Waals surface area contributed by atoms with Gasteiger partial charge in [-0.25, -0.2) is 9.52 Å². The van der Waals surface area contributed by atoms with E-state index >= 15 is 0 Å². The van der Waals surface area contributed by atoms with Crippen molar-refractivity contribution in [1.29, 1.82) is 0 Å². The molecule has 0 saturated carbocycles. The molecule has 0 bridgehead atoms. The van der Waals surface area contributed by atoms with Gasteiger partial charge < -0.3 is 14.4 Å². The van der Waals surface area contributed by atoms with Crippen LogP contribution in [0.3, 0.4) is 0 Å². The minimum atomic E-state index is -0.585. The lowest BCUT2D eigenvalue weighted by atomic mass is 10.1. The van der Waals surface area contributed by atoms with Crippen LogP contribution in [0.5, 0.6) is 5.75 Å². The van der Waals surface area contributed by atoms with Crippen LogP contribution < -0.4 is 15.1 Å². The quantitative estimate of drug-likeness (QED) is 0.245. The molecular formula is C18H12N2O4. The number of benzene rings is 2. The molecule has 6 nitrogen and oxygen atoms in total. The van der Waals surface area contributed by atoms with Gasteiger partial charge in [0.15, 0.2) is 5.39 Å². The predicted molar refractivity (Wildman–Crippen MR) is 88.7 cm³/mol. The Kier molecular flexibility index (Phi) is 3.16. The SMILES string of the molecule is COc1cccc(-c2nc3c(c[n+]2[O-])c(=O)oc2ccccc23)c1. The zero-order valence-corrected chi connectivity index (χ0v) is 12.7. The second kappa shape index (κ2) is 5.34. The van der Waals surface area contributed by atoms with E-state index in [1.165, 1.54) is 6.20 Å². The Morgan fingerprint density at radius 1 is 1.12 bits per heavy atom. The fourth-order valence-electron chi connectivity index (χ4n) is 2.67. The largest absolute Gasteiger partial charge is 0.710 e. The van der Waals surface area contributed by atoms with E-state index in [1.54, 1.807) is 49.6 Å². The molecule has 2 heterocycles. The lowest BCUT2D eigenvalue weighted by Gasteiger charge is -2.08. The van der Waals surface area contributed by atoms with Gasteiger partial charge in [-0.1, -0.05) is 18.2 Å². The molecule has 0 aliphatic rings. The van der Waals surface area contributed by atoms with Crippen LogP contribution in [0.25, 0.3) is 33.3 Å². The molecule has 6 heteroatoms. The highest BCUT2D eigenvalue weighted by Gasteiger charge is 2.19. The average molecular weight is 320 g/mol. The Labute approximate surface area is 136 Å². The van der Waals surface area contributed by atoms with Gasteiger partial charge in [0, 0.05) is 0 Å². The van der Waals surface area contributed by atoms with Crippen LogP contribution in [-0.4, -0.2) is 12.1 Å². The van der Waals surface area contributed by atoms with Crippen molar-refractivity contribution in [1.82, 2.24) is 4.98 Å². The molecule has 0 unspecified atom stereocenters. The highest BCUT2D eigenvalue weighted by molar-refractivity contribution is 6.01. The lowest BCUT2D eigenvalue weighted by Crippen LogP contribution is -2.31. The van der Waals surface area contributed by atoms with E-state index in [9.17, 15) is 10.0 Å². The Hall–Kier alpha value is -3.41. The Morgan fingerprint density at radius 2 is 1.96 bits per heavy atom. The summed E-state index contributed by atoms with van der Waals surface area (Å²) in [6.07, 6.45) is 1.20. The maximum absolute atomic E-state index is 12.4. The molecule has 4 aromatic rings. The Morgan fingerprint density at radius 3 is 2.79 bits per heavy atom. The van der Waals surface area contributed by atoms with Gasteiger partial charge in [-0.2, -0.15) is 0 Å². The van der Waals surface area contributed by atoms with Gasteiger partial charge in [-0.05, 0) is 35.3 Å². The van der Waals surface area contributed by atoms with Crippen LogP contribution in [0.1, 0.15) is 0 Å². The first kappa shape index (κ1) is 14.2. The van der Waals surface area contributed by atoms with Crippen LogP contribution in [0.4, 0.5) is 0 Å². The zero-order valence-electron chi connectivity index (χ0n) is 12.7. The molecular weight excluding hydrogens is 308 g/mol. The van der Waals surface area contributed by atoms with Crippen molar-refractivity contribution >= 4 is 21.9 Å². The maximum atomic E-state index is 12.4. The third kappa shape index (κ3) is 2.16. The van der Waals surface area contributed by atoms with Crippen LogP contribution in [0.2, 0.25) is 0 Å². The first-order chi connectivity index (χ1) is 11.7. The summed E-state index contributed by atoms with van der Waals surface area (Å²) in [5.41, 5.74) is 0.885. The first-order valence-electron chi connectivity index (χ1n) is 7.27. The normalized spacial score (nSPS) is 11.0. The summed E-state index contributed by atoms with van der Waals surface area (Å²) in [5.74, 6) is 0.809. The average Bonchev–Trinajstić information content (AvgIpc) is 2.62. The van der Waals surface area contributed by atoms with Crippen LogP contribution in [0.15, 0.2) is 63.9 Å². The van der Waals surface area contributed by atoms with E-state index < -0.39 is 5.63 Å². The fourth-order valence-corrected chi connectivity index (χ4v) is 2.67. The summed E-state index contributed by atoms with van der Waals surface area (Å²) in [6.45, 7) is 0. The van der Waals surface area contributed by atoms with Crippen LogP contribution >= 0.6 is 0 Å². The van der Waals surface area contributed by atoms with Crippen molar-refractivity contribution < 1.29 is 13.9 Å². The monoisotopic (exact) mass is 320 g/mol. The van der Waals surface area contributed by atoms with Crippen molar-refractivity contribution in [3.05, 3.63) is 70.4 Å². The lowest BCUT2D eigenvalue weighted by molar-refractivity contribution is -0.595. The molecule has 0 aliphatic carbocycles.